The average Bonchev–Trinajstić information content (AvgIpc) is 2.57. The minimum Gasteiger partial charge on any atom is -0.324 e. The van der Waals surface area contributed by atoms with Crippen molar-refractivity contribution in [3.63, 3.8) is 0 Å². The van der Waals surface area contributed by atoms with Crippen LogP contribution in [0.25, 0.3) is 0 Å². The van der Waals surface area contributed by atoms with Gasteiger partial charge in [0.1, 0.15) is 0 Å². The first-order valence-corrected chi connectivity index (χ1v) is 9.17. The molecule has 2 rings (SSSR count). The number of amides is 1. The minimum atomic E-state index is 0.0279. The van der Waals surface area contributed by atoms with Gasteiger partial charge < -0.3 is 5.32 Å². The molecular weight excluding hydrogens is 364 g/mol. The van der Waals surface area contributed by atoms with Gasteiger partial charge in [-0.2, -0.15) is 0 Å². The smallest absolute Gasteiger partial charge is 0.238 e. The molecule has 128 valence electrons. The fourth-order valence-corrected chi connectivity index (χ4v) is 3.21. The van der Waals surface area contributed by atoms with E-state index in [2.05, 4.69) is 59.4 Å². The number of rotatable bonds is 7. The number of carbonyl (C=O) groups excluding carboxylic acids is 1. The van der Waals surface area contributed by atoms with Crippen LogP contribution in [0.2, 0.25) is 0 Å². The molecule has 0 spiro atoms. The molecule has 2 aromatic rings. The zero-order valence-corrected chi connectivity index (χ0v) is 16.2. The van der Waals surface area contributed by atoms with Crippen molar-refractivity contribution in [2.45, 2.75) is 33.2 Å². The molecule has 0 fully saturated rings. The summed E-state index contributed by atoms with van der Waals surface area (Å²) in [6.45, 7) is 5.32. The van der Waals surface area contributed by atoms with Crippen molar-refractivity contribution in [3.05, 3.63) is 63.6 Å². The Bertz CT molecular complexity index is 678. The van der Waals surface area contributed by atoms with Gasteiger partial charge in [0.2, 0.25) is 5.91 Å². The molecule has 0 aliphatic heterocycles. The first-order valence-electron chi connectivity index (χ1n) is 8.37. The quantitative estimate of drug-likeness (QED) is 0.748. The maximum absolute atomic E-state index is 12.5. The number of anilines is 1. The Balaban J connectivity index is 2.02. The van der Waals surface area contributed by atoms with Gasteiger partial charge in [0, 0.05) is 16.7 Å². The van der Waals surface area contributed by atoms with Crippen molar-refractivity contribution < 1.29 is 4.79 Å². The van der Waals surface area contributed by atoms with E-state index in [0.717, 1.165) is 29.5 Å². The molecule has 3 nitrogen and oxygen atoms in total. The van der Waals surface area contributed by atoms with Gasteiger partial charge in [-0.15, -0.1) is 0 Å². The summed E-state index contributed by atoms with van der Waals surface area (Å²) in [5.74, 6) is 0.0279. The Hall–Kier alpha value is -1.65. The second-order valence-corrected chi connectivity index (χ2v) is 6.82. The van der Waals surface area contributed by atoms with Crippen molar-refractivity contribution in [2.75, 3.05) is 18.9 Å². The summed E-state index contributed by atoms with van der Waals surface area (Å²) in [6, 6.07) is 14.3. The molecule has 1 amide bonds. The van der Waals surface area contributed by atoms with Crippen molar-refractivity contribution in [2.24, 2.45) is 0 Å². The van der Waals surface area contributed by atoms with Crippen LogP contribution in [0, 0.1) is 0 Å². The van der Waals surface area contributed by atoms with E-state index in [1.165, 1.54) is 16.7 Å². The van der Waals surface area contributed by atoms with Gasteiger partial charge in [0.25, 0.3) is 0 Å². The molecule has 24 heavy (non-hydrogen) atoms. The second-order valence-electron chi connectivity index (χ2n) is 5.97. The molecule has 0 bridgehead atoms. The number of halogens is 1. The average molecular weight is 389 g/mol. The van der Waals surface area contributed by atoms with E-state index in [1.54, 1.807) is 0 Å². The zero-order chi connectivity index (χ0) is 17.5. The van der Waals surface area contributed by atoms with Gasteiger partial charge >= 0.3 is 0 Å². The van der Waals surface area contributed by atoms with E-state index in [4.69, 9.17) is 0 Å². The Labute approximate surface area is 153 Å². The first kappa shape index (κ1) is 18.7. The van der Waals surface area contributed by atoms with E-state index >= 15 is 0 Å². The fourth-order valence-electron chi connectivity index (χ4n) is 2.80. The van der Waals surface area contributed by atoms with Gasteiger partial charge in [-0.1, -0.05) is 66.2 Å². The lowest BCUT2D eigenvalue weighted by Crippen LogP contribution is -2.30. The standard InChI is InChI=1S/C20H25BrN2O/c1-4-15-10-8-11-16(5-2)20(15)22-19(24)14-23(3)13-17-9-6-7-12-18(17)21/h6-12H,4-5,13-14H2,1-3H3,(H,22,24). The highest BCUT2D eigenvalue weighted by atomic mass is 79.9. The number of hydrogen-bond acceptors (Lipinski definition) is 2. The predicted octanol–water partition coefficient (Wildman–Crippen LogP) is 4.64. The van der Waals surface area contributed by atoms with Gasteiger partial charge in [0.05, 0.1) is 6.54 Å². The summed E-state index contributed by atoms with van der Waals surface area (Å²) < 4.78 is 1.07. The highest BCUT2D eigenvalue weighted by Gasteiger charge is 2.12. The molecule has 0 aliphatic carbocycles. The van der Waals surface area contributed by atoms with Gasteiger partial charge in [-0.25, -0.2) is 0 Å². The number of hydrogen-bond donors (Lipinski definition) is 1. The lowest BCUT2D eigenvalue weighted by molar-refractivity contribution is -0.117. The second kappa shape index (κ2) is 9.00. The first-order chi connectivity index (χ1) is 11.5. The molecular formula is C20H25BrN2O. The summed E-state index contributed by atoms with van der Waals surface area (Å²) in [6.07, 6.45) is 1.83. The van der Waals surface area contributed by atoms with Crippen LogP contribution in [-0.4, -0.2) is 24.4 Å². The van der Waals surface area contributed by atoms with Crippen LogP contribution in [0.1, 0.15) is 30.5 Å². The monoisotopic (exact) mass is 388 g/mol. The number of nitrogens with one attached hydrogen (secondary N) is 1. The van der Waals surface area contributed by atoms with Gasteiger partial charge in [-0.05, 0) is 42.6 Å². The summed E-state index contributed by atoms with van der Waals surface area (Å²) >= 11 is 3.56. The largest absolute Gasteiger partial charge is 0.324 e. The molecule has 0 atom stereocenters. The Morgan fingerprint density at radius 2 is 1.58 bits per heavy atom. The third-order valence-corrected chi connectivity index (χ3v) is 4.85. The molecule has 1 N–H and O–H groups in total. The number of likely N-dealkylation sites (N-methyl/N-ethyl adjacent to an activating group) is 1. The molecule has 0 radical (unpaired) electrons. The van der Waals surface area contributed by atoms with Crippen LogP contribution in [0.4, 0.5) is 5.69 Å². The molecule has 2 aromatic carbocycles. The number of benzene rings is 2. The maximum atomic E-state index is 12.5. The Morgan fingerprint density at radius 3 is 2.17 bits per heavy atom. The van der Waals surface area contributed by atoms with E-state index in [0.29, 0.717) is 6.54 Å². The summed E-state index contributed by atoms with van der Waals surface area (Å²) in [5.41, 5.74) is 4.55. The van der Waals surface area contributed by atoms with Crippen LogP contribution in [0.3, 0.4) is 0 Å². The van der Waals surface area contributed by atoms with E-state index in [-0.39, 0.29) is 5.91 Å². The van der Waals surface area contributed by atoms with Crippen LogP contribution in [-0.2, 0) is 24.2 Å². The van der Waals surface area contributed by atoms with Crippen molar-refractivity contribution in [1.29, 1.82) is 0 Å². The third kappa shape index (κ3) is 4.92. The predicted molar refractivity (Wildman–Crippen MR) is 104 cm³/mol. The Kier molecular flexibility index (Phi) is 7.00. The highest BCUT2D eigenvalue weighted by Crippen LogP contribution is 2.22. The van der Waals surface area contributed by atoms with E-state index in [1.807, 2.05) is 30.1 Å². The Morgan fingerprint density at radius 1 is 1.00 bits per heavy atom. The zero-order valence-electron chi connectivity index (χ0n) is 14.6. The lowest BCUT2D eigenvalue weighted by Gasteiger charge is -2.19. The molecule has 0 saturated carbocycles. The van der Waals surface area contributed by atoms with Crippen molar-refractivity contribution in [3.8, 4) is 0 Å². The highest BCUT2D eigenvalue weighted by molar-refractivity contribution is 9.10. The van der Waals surface area contributed by atoms with Crippen molar-refractivity contribution >= 4 is 27.5 Å². The number of nitrogens with zero attached hydrogens (tertiary/aromatic N) is 1. The number of aryl methyl sites for hydroxylation is 2. The molecule has 0 aliphatic rings. The molecule has 0 heterocycles. The van der Waals surface area contributed by atoms with Crippen molar-refractivity contribution in [1.82, 2.24) is 4.90 Å². The number of carbonyl (C=O) groups is 1. The van der Waals surface area contributed by atoms with Gasteiger partial charge in [-0.3, -0.25) is 9.69 Å². The molecule has 4 heteroatoms. The molecule has 0 aromatic heterocycles. The normalized spacial score (nSPS) is 10.9. The molecule has 0 saturated heterocycles. The third-order valence-electron chi connectivity index (χ3n) is 4.07. The summed E-state index contributed by atoms with van der Waals surface area (Å²) in [5, 5.41) is 3.12. The summed E-state index contributed by atoms with van der Waals surface area (Å²) in [7, 11) is 1.96. The van der Waals surface area contributed by atoms with E-state index < -0.39 is 0 Å². The van der Waals surface area contributed by atoms with Crippen LogP contribution in [0.15, 0.2) is 46.9 Å². The van der Waals surface area contributed by atoms with Crippen LogP contribution >= 0.6 is 15.9 Å². The van der Waals surface area contributed by atoms with E-state index in [9.17, 15) is 4.79 Å². The lowest BCUT2D eigenvalue weighted by atomic mass is 10.0. The summed E-state index contributed by atoms with van der Waals surface area (Å²) in [4.78, 5) is 14.5. The SMILES string of the molecule is CCc1cccc(CC)c1NC(=O)CN(C)Cc1ccccc1Br. The topological polar surface area (TPSA) is 32.3 Å². The van der Waals surface area contributed by atoms with Crippen LogP contribution < -0.4 is 5.32 Å². The minimum absolute atomic E-state index is 0.0279. The number of para-hydroxylation sites is 1. The van der Waals surface area contributed by atoms with Crippen LogP contribution in [0.5, 0.6) is 0 Å². The molecule has 0 unspecified atom stereocenters. The fraction of sp³-hybridized carbons (Fsp3) is 0.350. The van der Waals surface area contributed by atoms with Gasteiger partial charge in [0.15, 0.2) is 0 Å². The maximum Gasteiger partial charge on any atom is 0.238 e.